The highest BCUT2D eigenvalue weighted by molar-refractivity contribution is 5.50. The zero-order valence-corrected chi connectivity index (χ0v) is 15.2. The molecule has 1 aromatic carbocycles. The fraction of sp³-hybridized carbons (Fsp3) is 0.700. The summed E-state index contributed by atoms with van der Waals surface area (Å²) in [5.41, 5.74) is 9.76. The fourth-order valence-electron chi connectivity index (χ4n) is 3.49. The summed E-state index contributed by atoms with van der Waals surface area (Å²) in [5, 5.41) is 10.9. The minimum Gasteiger partial charge on any atom is -0.507 e. The van der Waals surface area contributed by atoms with Crippen molar-refractivity contribution in [3.63, 3.8) is 0 Å². The van der Waals surface area contributed by atoms with Gasteiger partial charge < -0.3 is 10.8 Å². The van der Waals surface area contributed by atoms with Gasteiger partial charge in [-0.1, -0.05) is 60.5 Å². The molecule has 22 heavy (non-hydrogen) atoms. The van der Waals surface area contributed by atoms with Crippen molar-refractivity contribution in [2.24, 2.45) is 11.7 Å². The maximum atomic E-state index is 10.9. The molecular weight excluding hydrogens is 270 g/mol. The predicted octanol–water partition coefficient (Wildman–Crippen LogP) is 5.18. The lowest BCUT2D eigenvalue weighted by Crippen LogP contribution is -2.23. The molecule has 1 fully saturated rings. The van der Waals surface area contributed by atoms with Crippen LogP contribution in [-0.4, -0.2) is 5.11 Å². The van der Waals surface area contributed by atoms with E-state index in [0.29, 0.717) is 11.7 Å². The Morgan fingerprint density at radius 2 is 1.55 bits per heavy atom. The predicted molar refractivity (Wildman–Crippen MR) is 94.4 cm³/mol. The molecule has 1 saturated carbocycles. The van der Waals surface area contributed by atoms with Crippen molar-refractivity contribution in [3.8, 4) is 5.75 Å². The number of aromatic hydroxyl groups is 1. The molecule has 0 bridgehead atoms. The van der Waals surface area contributed by atoms with Gasteiger partial charge in [0.1, 0.15) is 5.75 Å². The molecule has 2 heteroatoms. The van der Waals surface area contributed by atoms with E-state index in [0.717, 1.165) is 11.1 Å². The largest absolute Gasteiger partial charge is 0.507 e. The van der Waals surface area contributed by atoms with E-state index in [4.69, 9.17) is 5.73 Å². The summed E-state index contributed by atoms with van der Waals surface area (Å²) in [7, 11) is 0. The molecule has 0 spiro atoms. The molecule has 0 saturated heterocycles. The van der Waals surface area contributed by atoms with Crippen LogP contribution >= 0.6 is 0 Å². The van der Waals surface area contributed by atoms with E-state index in [1.807, 2.05) is 0 Å². The van der Waals surface area contributed by atoms with Crippen LogP contribution in [0.5, 0.6) is 5.75 Å². The van der Waals surface area contributed by atoms with Gasteiger partial charge in [0.05, 0.1) is 0 Å². The molecule has 0 amide bonds. The summed E-state index contributed by atoms with van der Waals surface area (Å²) >= 11 is 0. The number of rotatable bonds is 2. The molecule has 124 valence electrons. The van der Waals surface area contributed by atoms with Gasteiger partial charge in [-0.2, -0.15) is 0 Å². The van der Waals surface area contributed by atoms with Crippen molar-refractivity contribution in [3.05, 3.63) is 28.8 Å². The molecule has 0 radical (unpaired) electrons. The lowest BCUT2D eigenvalue weighted by Gasteiger charge is -2.30. The Bertz CT molecular complexity index is 528. The molecule has 0 unspecified atom stereocenters. The quantitative estimate of drug-likeness (QED) is 0.791. The average molecular weight is 303 g/mol. The van der Waals surface area contributed by atoms with Crippen LogP contribution in [0.4, 0.5) is 0 Å². The van der Waals surface area contributed by atoms with Gasteiger partial charge in [-0.3, -0.25) is 0 Å². The van der Waals surface area contributed by atoms with Gasteiger partial charge >= 0.3 is 0 Å². The third-order valence-corrected chi connectivity index (χ3v) is 5.08. The van der Waals surface area contributed by atoms with Gasteiger partial charge in [0, 0.05) is 11.6 Å². The van der Waals surface area contributed by atoms with Crippen LogP contribution in [-0.2, 0) is 10.8 Å². The third-order valence-electron chi connectivity index (χ3n) is 5.08. The number of hydrogen-bond donors (Lipinski definition) is 2. The van der Waals surface area contributed by atoms with Crippen molar-refractivity contribution in [2.45, 2.75) is 84.1 Å². The monoisotopic (exact) mass is 303 g/mol. The van der Waals surface area contributed by atoms with Crippen LogP contribution in [0.1, 0.15) is 90.0 Å². The zero-order chi connectivity index (χ0) is 16.7. The third kappa shape index (κ3) is 3.48. The Morgan fingerprint density at radius 3 is 2.00 bits per heavy atom. The first-order valence-electron chi connectivity index (χ1n) is 8.65. The molecule has 3 N–H and O–H groups in total. The molecule has 1 atom stereocenters. The Kier molecular flexibility index (Phi) is 4.64. The molecule has 1 aromatic rings. The van der Waals surface area contributed by atoms with Gasteiger partial charge in [-0.15, -0.1) is 0 Å². The van der Waals surface area contributed by atoms with Gasteiger partial charge in [0.2, 0.25) is 0 Å². The molecule has 2 nitrogen and oxygen atoms in total. The highest BCUT2D eigenvalue weighted by atomic mass is 16.3. The SMILES string of the molecule is CC(C)(C)c1cc([C@H](N)C2CCCC2)c(O)c(C(C)(C)C)c1. The van der Waals surface area contributed by atoms with Crippen LogP contribution in [0.2, 0.25) is 0 Å². The normalized spacial score (nSPS) is 18.7. The molecule has 0 aliphatic heterocycles. The summed E-state index contributed by atoms with van der Waals surface area (Å²) in [5.74, 6) is 0.925. The van der Waals surface area contributed by atoms with Crippen molar-refractivity contribution in [1.82, 2.24) is 0 Å². The molecule has 2 rings (SSSR count). The summed E-state index contributed by atoms with van der Waals surface area (Å²) in [6, 6.07) is 4.26. The lowest BCUT2D eigenvalue weighted by atomic mass is 9.77. The number of phenolic OH excluding ortho intramolecular Hbond substituents is 1. The Balaban J connectivity index is 2.56. The highest BCUT2D eigenvalue weighted by Crippen LogP contribution is 2.43. The van der Waals surface area contributed by atoms with Crippen molar-refractivity contribution >= 4 is 0 Å². The van der Waals surface area contributed by atoms with Gasteiger partial charge in [-0.25, -0.2) is 0 Å². The Morgan fingerprint density at radius 1 is 1.00 bits per heavy atom. The first-order valence-corrected chi connectivity index (χ1v) is 8.65. The maximum absolute atomic E-state index is 10.9. The second-order valence-electron chi connectivity index (χ2n) is 9.03. The number of phenols is 1. The molecular formula is C20H33NO. The van der Waals surface area contributed by atoms with E-state index in [9.17, 15) is 5.11 Å². The van der Waals surface area contributed by atoms with E-state index in [1.165, 1.54) is 31.2 Å². The molecule has 1 aliphatic carbocycles. The first kappa shape index (κ1) is 17.3. The van der Waals surface area contributed by atoms with Crippen LogP contribution < -0.4 is 5.73 Å². The van der Waals surface area contributed by atoms with Crippen molar-refractivity contribution in [2.75, 3.05) is 0 Å². The van der Waals surface area contributed by atoms with E-state index in [-0.39, 0.29) is 16.9 Å². The summed E-state index contributed by atoms with van der Waals surface area (Å²) in [6.07, 6.45) is 4.91. The maximum Gasteiger partial charge on any atom is 0.124 e. The van der Waals surface area contributed by atoms with Gasteiger partial charge in [0.25, 0.3) is 0 Å². The van der Waals surface area contributed by atoms with Crippen LogP contribution in [0.25, 0.3) is 0 Å². The second kappa shape index (κ2) is 5.88. The number of hydrogen-bond acceptors (Lipinski definition) is 2. The minimum atomic E-state index is -0.0878. The smallest absolute Gasteiger partial charge is 0.124 e. The Labute approximate surface area is 136 Å². The molecule has 0 aromatic heterocycles. The Hall–Kier alpha value is -1.02. The number of nitrogens with two attached hydrogens (primary N) is 1. The topological polar surface area (TPSA) is 46.2 Å². The molecule has 1 aliphatic rings. The van der Waals surface area contributed by atoms with Crippen molar-refractivity contribution in [1.29, 1.82) is 0 Å². The summed E-state index contributed by atoms with van der Waals surface area (Å²) in [4.78, 5) is 0. The minimum absolute atomic E-state index is 0.0501. The van der Waals surface area contributed by atoms with Gasteiger partial charge in [-0.05, 0) is 46.8 Å². The number of benzene rings is 1. The average Bonchev–Trinajstić information content (AvgIpc) is 2.89. The first-order chi connectivity index (χ1) is 10.0. The van der Waals surface area contributed by atoms with Crippen LogP contribution in [0, 0.1) is 5.92 Å². The highest BCUT2D eigenvalue weighted by Gasteiger charge is 2.30. The summed E-state index contributed by atoms with van der Waals surface area (Å²) in [6.45, 7) is 13.1. The van der Waals surface area contributed by atoms with Crippen LogP contribution in [0.15, 0.2) is 12.1 Å². The van der Waals surface area contributed by atoms with E-state index in [2.05, 4.69) is 53.7 Å². The van der Waals surface area contributed by atoms with E-state index >= 15 is 0 Å². The second-order valence-corrected chi connectivity index (χ2v) is 9.03. The van der Waals surface area contributed by atoms with Gasteiger partial charge in [0.15, 0.2) is 0 Å². The van der Waals surface area contributed by atoms with Crippen LogP contribution in [0.3, 0.4) is 0 Å². The zero-order valence-electron chi connectivity index (χ0n) is 15.2. The summed E-state index contributed by atoms with van der Waals surface area (Å²) < 4.78 is 0. The van der Waals surface area contributed by atoms with E-state index in [1.54, 1.807) is 0 Å². The molecule has 0 heterocycles. The van der Waals surface area contributed by atoms with E-state index < -0.39 is 0 Å². The standard InChI is InChI=1S/C20H33NO/c1-19(2,3)14-11-15(17(21)13-9-7-8-10-13)18(22)16(12-14)20(4,5)6/h11-13,17,22H,7-10,21H2,1-6H3/t17-/m1/s1. The van der Waals surface area contributed by atoms with Crippen molar-refractivity contribution < 1.29 is 5.11 Å². The fourth-order valence-corrected chi connectivity index (χ4v) is 3.49. The lowest BCUT2D eigenvalue weighted by molar-refractivity contribution is 0.399.